The average molecular weight is 296 g/mol. The smallest absolute Gasteiger partial charge is 0.320 e. The van der Waals surface area contributed by atoms with E-state index < -0.39 is 11.4 Å². The number of carboxylic acids is 1. The summed E-state index contributed by atoms with van der Waals surface area (Å²) in [6, 6.07) is 0.0296. The molecule has 0 aromatic carbocycles. The third-order valence-corrected chi connectivity index (χ3v) is 4.98. The number of urea groups is 1. The van der Waals surface area contributed by atoms with Crippen LogP contribution < -0.4 is 0 Å². The molecule has 2 rings (SSSR count). The van der Waals surface area contributed by atoms with Crippen molar-refractivity contribution in [3.05, 3.63) is 0 Å². The van der Waals surface area contributed by atoms with Crippen molar-refractivity contribution in [3.63, 3.8) is 0 Å². The number of rotatable bonds is 3. The molecule has 2 fully saturated rings. The van der Waals surface area contributed by atoms with Crippen molar-refractivity contribution in [1.82, 2.24) is 9.80 Å². The Labute approximate surface area is 127 Å². The van der Waals surface area contributed by atoms with Crippen LogP contribution in [0.5, 0.6) is 0 Å². The Morgan fingerprint density at radius 3 is 2.33 bits per heavy atom. The lowest BCUT2D eigenvalue weighted by atomic mass is 9.83. The van der Waals surface area contributed by atoms with E-state index in [0.29, 0.717) is 25.9 Å². The summed E-state index contributed by atoms with van der Waals surface area (Å²) >= 11 is 0. The second-order valence-electron chi connectivity index (χ2n) is 7.48. The fourth-order valence-corrected chi connectivity index (χ4v) is 3.79. The van der Waals surface area contributed by atoms with Crippen molar-refractivity contribution in [2.45, 2.75) is 52.9 Å². The Morgan fingerprint density at radius 2 is 1.76 bits per heavy atom. The summed E-state index contributed by atoms with van der Waals surface area (Å²) in [5, 5.41) is 9.54. The molecule has 5 nitrogen and oxygen atoms in total. The zero-order valence-electron chi connectivity index (χ0n) is 13.5. The molecule has 0 aromatic rings. The summed E-state index contributed by atoms with van der Waals surface area (Å²) in [5.41, 5.74) is -0.559. The number of carboxylic acid groups (broad SMARTS) is 1. The zero-order valence-corrected chi connectivity index (χ0v) is 13.5. The van der Waals surface area contributed by atoms with Gasteiger partial charge < -0.3 is 14.9 Å². The van der Waals surface area contributed by atoms with Gasteiger partial charge in [0.25, 0.3) is 0 Å². The van der Waals surface area contributed by atoms with Gasteiger partial charge in [-0.15, -0.1) is 0 Å². The maximum atomic E-state index is 12.7. The van der Waals surface area contributed by atoms with Gasteiger partial charge in [-0.1, -0.05) is 27.2 Å². The molecule has 0 bridgehead atoms. The molecule has 0 saturated carbocycles. The number of amides is 2. The highest BCUT2D eigenvalue weighted by Crippen LogP contribution is 2.37. The van der Waals surface area contributed by atoms with E-state index >= 15 is 0 Å². The Bertz CT molecular complexity index is 422. The van der Waals surface area contributed by atoms with E-state index in [1.54, 1.807) is 4.90 Å². The van der Waals surface area contributed by atoms with E-state index in [9.17, 15) is 14.7 Å². The van der Waals surface area contributed by atoms with Crippen LogP contribution in [0.15, 0.2) is 0 Å². The molecule has 1 atom stereocenters. The largest absolute Gasteiger partial charge is 0.481 e. The maximum absolute atomic E-state index is 12.7. The Balaban J connectivity index is 2.03. The minimum Gasteiger partial charge on any atom is -0.481 e. The van der Waals surface area contributed by atoms with Gasteiger partial charge >= 0.3 is 12.0 Å². The van der Waals surface area contributed by atoms with Crippen molar-refractivity contribution >= 4 is 12.0 Å². The average Bonchev–Trinajstić information content (AvgIpc) is 2.83. The monoisotopic (exact) mass is 296 g/mol. The number of carbonyl (C=O) groups is 2. The molecule has 0 radical (unpaired) electrons. The molecule has 0 aliphatic carbocycles. The zero-order chi connectivity index (χ0) is 15.7. The number of hydrogen-bond acceptors (Lipinski definition) is 2. The number of aliphatic carboxylic acids is 1. The summed E-state index contributed by atoms with van der Waals surface area (Å²) in [4.78, 5) is 27.9. The van der Waals surface area contributed by atoms with Gasteiger partial charge in [0.05, 0.1) is 5.41 Å². The maximum Gasteiger partial charge on any atom is 0.320 e. The van der Waals surface area contributed by atoms with Crippen LogP contribution in [-0.2, 0) is 4.79 Å². The first-order chi connectivity index (χ1) is 9.80. The fraction of sp³-hybridized carbons (Fsp3) is 0.875. The Hall–Kier alpha value is -1.26. The van der Waals surface area contributed by atoms with Crippen molar-refractivity contribution in [2.24, 2.45) is 10.8 Å². The topological polar surface area (TPSA) is 60.9 Å². The molecule has 2 aliphatic rings. The van der Waals surface area contributed by atoms with Crippen LogP contribution in [0.3, 0.4) is 0 Å². The van der Waals surface area contributed by atoms with Gasteiger partial charge in [-0.3, -0.25) is 4.79 Å². The van der Waals surface area contributed by atoms with Crippen LogP contribution in [0.2, 0.25) is 0 Å². The van der Waals surface area contributed by atoms with E-state index in [1.807, 2.05) is 11.8 Å². The summed E-state index contributed by atoms with van der Waals surface area (Å²) in [6.45, 7) is 8.89. The molecule has 5 heteroatoms. The lowest BCUT2D eigenvalue weighted by Gasteiger charge is -2.39. The molecule has 2 amide bonds. The molecule has 1 unspecified atom stereocenters. The van der Waals surface area contributed by atoms with E-state index in [0.717, 1.165) is 32.4 Å². The van der Waals surface area contributed by atoms with Crippen LogP contribution in [0.4, 0.5) is 4.79 Å². The van der Waals surface area contributed by atoms with Crippen LogP contribution in [0.25, 0.3) is 0 Å². The van der Waals surface area contributed by atoms with Crippen LogP contribution in [0, 0.1) is 10.8 Å². The second-order valence-corrected chi connectivity index (χ2v) is 7.48. The summed E-state index contributed by atoms with van der Waals surface area (Å²) in [6.07, 6.45) is 4.25. The standard InChI is InChI=1S/C16H28N2O3/c1-4-6-16(13(19)20)8-10-18(12-16)14(21)17-9-5-7-15(2,3)11-17/h4-12H2,1-3H3,(H,19,20). The molecule has 0 spiro atoms. The van der Waals surface area contributed by atoms with Gasteiger partial charge in [0.1, 0.15) is 0 Å². The molecular formula is C16H28N2O3. The van der Waals surface area contributed by atoms with Crippen molar-refractivity contribution < 1.29 is 14.7 Å². The molecule has 1 N–H and O–H groups in total. The van der Waals surface area contributed by atoms with Gasteiger partial charge in [0, 0.05) is 26.2 Å². The van der Waals surface area contributed by atoms with Crippen molar-refractivity contribution in [3.8, 4) is 0 Å². The highest BCUT2D eigenvalue weighted by Gasteiger charge is 2.46. The minimum atomic E-state index is -0.751. The third-order valence-electron chi connectivity index (χ3n) is 4.98. The summed E-state index contributed by atoms with van der Waals surface area (Å²) in [5.74, 6) is -0.751. The first-order valence-electron chi connectivity index (χ1n) is 8.07. The molecular weight excluding hydrogens is 268 g/mol. The Kier molecular flexibility index (Phi) is 4.49. The number of likely N-dealkylation sites (tertiary alicyclic amines) is 2. The first-order valence-corrected chi connectivity index (χ1v) is 8.07. The van der Waals surface area contributed by atoms with Gasteiger partial charge in [-0.2, -0.15) is 0 Å². The SMILES string of the molecule is CCCC1(C(=O)O)CCN(C(=O)N2CCCC(C)(C)C2)C1. The van der Waals surface area contributed by atoms with E-state index in [4.69, 9.17) is 0 Å². The second kappa shape index (κ2) is 5.85. The Morgan fingerprint density at radius 1 is 1.10 bits per heavy atom. The number of hydrogen-bond donors (Lipinski definition) is 1. The normalized spacial score (nSPS) is 28.7. The molecule has 2 heterocycles. The van der Waals surface area contributed by atoms with Gasteiger partial charge in [0.15, 0.2) is 0 Å². The summed E-state index contributed by atoms with van der Waals surface area (Å²) in [7, 11) is 0. The third kappa shape index (κ3) is 3.33. The van der Waals surface area contributed by atoms with E-state index in [-0.39, 0.29) is 11.4 Å². The lowest BCUT2D eigenvalue weighted by Crippen LogP contribution is -2.49. The van der Waals surface area contributed by atoms with Gasteiger partial charge in [0.2, 0.25) is 0 Å². The van der Waals surface area contributed by atoms with Crippen LogP contribution in [0.1, 0.15) is 52.9 Å². The van der Waals surface area contributed by atoms with Crippen LogP contribution in [-0.4, -0.2) is 53.1 Å². The first kappa shape index (κ1) is 16.1. The van der Waals surface area contributed by atoms with Gasteiger partial charge in [-0.05, 0) is 31.1 Å². The highest BCUT2D eigenvalue weighted by atomic mass is 16.4. The number of carbonyl (C=O) groups excluding carboxylic acids is 1. The van der Waals surface area contributed by atoms with Crippen molar-refractivity contribution in [2.75, 3.05) is 26.2 Å². The molecule has 2 saturated heterocycles. The highest BCUT2D eigenvalue weighted by molar-refractivity contribution is 5.80. The predicted molar refractivity (Wildman–Crippen MR) is 81.2 cm³/mol. The van der Waals surface area contributed by atoms with Crippen molar-refractivity contribution in [1.29, 1.82) is 0 Å². The molecule has 2 aliphatic heterocycles. The molecule has 0 aromatic heterocycles. The molecule has 21 heavy (non-hydrogen) atoms. The number of nitrogens with zero attached hydrogens (tertiary/aromatic N) is 2. The molecule has 120 valence electrons. The lowest BCUT2D eigenvalue weighted by molar-refractivity contribution is -0.148. The quantitative estimate of drug-likeness (QED) is 0.871. The number of piperidine rings is 1. The summed E-state index contributed by atoms with van der Waals surface area (Å²) < 4.78 is 0. The van der Waals surface area contributed by atoms with E-state index in [2.05, 4.69) is 13.8 Å². The predicted octanol–water partition coefficient (Wildman–Crippen LogP) is 2.81. The van der Waals surface area contributed by atoms with E-state index in [1.165, 1.54) is 0 Å². The van der Waals surface area contributed by atoms with Gasteiger partial charge in [-0.25, -0.2) is 4.79 Å². The minimum absolute atomic E-state index is 0.0296. The fourth-order valence-electron chi connectivity index (χ4n) is 3.79. The van der Waals surface area contributed by atoms with Crippen LogP contribution >= 0.6 is 0 Å².